The zero-order valence-corrected chi connectivity index (χ0v) is 13.8. The van der Waals surface area contributed by atoms with Crippen LogP contribution in [-0.2, 0) is 20.0 Å². The van der Waals surface area contributed by atoms with Gasteiger partial charge in [0.1, 0.15) is 18.7 Å². The molecule has 1 aromatic heterocycles. The second-order valence-electron chi connectivity index (χ2n) is 5.30. The topological polar surface area (TPSA) is 67.1 Å². The first-order valence-electron chi connectivity index (χ1n) is 7.70. The summed E-state index contributed by atoms with van der Waals surface area (Å²) in [6.07, 6.45) is 2.46. The predicted molar refractivity (Wildman–Crippen MR) is 88.7 cm³/mol. The summed E-state index contributed by atoms with van der Waals surface area (Å²) in [4.78, 5) is 4.50. The van der Waals surface area contributed by atoms with Crippen LogP contribution in [0.25, 0.3) is 0 Å². The lowest BCUT2D eigenvalue weighted by atomic mass is 10.1. The van der Waals surface area contributed by atoms with Gasteiger partial charge in [-0.05, 0) is 43.5 Å². The molecule has 2 rings (SSSR count). The third-order valence-corrected chi connectivity index (χ3v) is 3.52. The Hall–Kier alpha value is -2.44. The van der Waals surface area contributed by atoms with E-state index in [4.69, 9.17) is 0 Å². The van der Waals surface area contributed by atoms with E-state index in [-0.39, 0.29) is 5.82 Å². The quantitative estimate of drug-likeness (QED) is 0.626. The molecule has 124 valence electrons. The number of benzene rings is 1. The Kier molecular flexibility index (Phi) is 6.08. The van der Waals surface area contributed by atoms with Gasteiger partial charge in [0, 0.05) is 20.1 Å². The number of hydrogen-bond donors (Lipinski definition) is 2. The van der Waals surface area contributed by atoms with E-state index in [9.17, 15) is 4.39 Å². The van der Waals surface area contributed by atoms with Crippen molar-refractivity contribution >= 4 is 5.96 Å². The van der Waals surface area contributed by atoms with E-state index in [0.717, 1.165) is 42.4 Å². The zero-order chi connectivity index (χ0) is 16.7. The summed E-state index contributed by atoms with van der Waals surface area (Å²) >= 11 is 0. The Morgan fingerprint density at radius 3 is 2.83 bits per heavy atom. The van der Waals surface area contributed by atoms with Crippen LogP contribution in [0, 0.1) is 12.7 Å². The SMILES string of the molecule is CCNC(=NCc1nncn1C)NCCc1ccc(F)cc1C. The van der Waals surface area contributed by atoms with Crippen LogP contribution in [0.2, 0.25) is 0 Å². The lowest BCUT2D eigenvalue weighted by Gasteiger charge is -2.12. The minimum absolute atomic E-state index is 0.196. The third-order valence-electron chi connectivity index (χ3n) is 3.52. The number of hydrogen-bond acceptors (Lipinski definition) is 3. The summed E-state index contributed by atoms with van der Waals surface area (Å²) < 4.78 is 15.0. The van der Waals surface area contributed by atoms with Gasteiger partial charge < -0.3 is 15.2 Å². The first-order valence-corrected chi connectivity index (χ1v) is 7.70. The fraction of sp³-hybridized carbons (Fsp3) is 0.438. The molecule has 23 heavy (non-hydrogen) atoms. The van der Waals surface area contributed by atoms with Crippen molar-refractivity contribution in [3.8, 4) is 0 Å². The lowest BCUT2D eigenvalue weighted by molar-refractivity contribution is 0.625. The summed E-state index contributed by atoms with van der Waals surface area (Å²) in [7, 11) is 1.89. The minimum atomic E-state index is -0.196. The molecule has 1 aromatic carbocycles. The van der Waals surface area contributed by atoms with Crippen molar-refractivity contribution < 1.29 is 4.39 Å². The van der Waals surface area contributed by atoms with Gasteiger partial charge in [-0.25, -0.2) is 9.38 Å². The van der Waals surface area contributed by atoms with Crippen molar-refractivity contribution in [2.45, 2.75) is 26.8 Å². The molecule has 2 aromatic rings. The normalized spacial score (nSPS) is 11.6. The first-order chi connectivity index (χ1) is 11.1. The fourth-order valence-corrected chi connectivity index (χ4v) is 2.20. The molecule has 7 heteroatoms. The van der Waals surface area contributed by atoms with Crippen LogP contribution >= 0.6 is 0 Å². The van der Waals surface area contributed by atoms with Gasteiger partial charge in [0.05, 0.1) is 0 Å². The van der Waals surface area contributed by atoms with Crippen LogP contribution in [0.15, 0.2) is 29.5 Å². The van der Waals surface area contributed by atoms with Gasteiger partial charge in [0.2, 0.25) is 0 Å². The molecule has 0 fully saturated rings. The summed E-state index contributed by atoms with van der Waals surface area (Å²) in [5.41, 5.74) is 2.09. The number of nitrogens with one attached hydrogen (secondary N) is 2. The molecule has 1 heterocycles. The molecule has 0 aliphatic heterocycles. The summed E-state index contributed by atoms with van der Waals surface area (Å²) in [6, 6.07) is 4.88. The van der Waals surface area contributed by atoms with Gasteiger partial charge in [-0.3, -0.25) is 0 Å². The van der Waals surface area contributed by atoms with Crippen LogP contribution in [0.3, 0.4) is 0 Å². The van der Waals surface area contributed by atoms with E-state index >= 15 is 0 Å². The Labute approximate surface area is 135 Å². The molecule has 0 bridgehead atoms. The number of aliphatic imine (C=N–C) groups is 1. The smallest absolute Gasteiger partial charge is 0.191 e. The second-order valence-corrected chi connectivity index (χ2v) is 5.30. The maximum Gasteiger partial charge on any atom is 0.191 e. The van der Waals surface area contributed by atoms with E-state index in [1.54, 1.807) is 12.4 Å². The summed E-state index contributed by atoms with van der Waals surface area (Å²) in [6.45, 7) is 5.90. The minimum Gasteiger partial charge on any atom is -0.357 e. The largest absolute Gasteiger partial charge is 0.357 e. The Balaban J connectivity index is 1.90. The highest BCUT2D eigenvalue weighted by Crippen LogP contribution is 2.10. The standard InChI is InChI=1S/C16H23FN6/c1-4-18-16(20-10-15-22-21-11-23(15)3)19-8-7-13-5-6-14(17)9-12(13)2/h5-6,9,11H,4,7-8,10H2,1-3H3,(H2,18,19,20). The molecule has 0 unspecified atom stereocenters. The Morgan fingerprint density at radius 2 is 2.17 bits per heavy atom. The van der Waals surface area contributed by atoms with E-state index in [0.29, 0.717) is 6.54 Å². The highest BCUT2D eigenvalue weighted by molar-refractivity contribution is 5.79. The van der Waals surface area contributed by atoms with Crippen molar-refractivity contribution in [3.05, 3.63) is 47.3 Å². The fourth-order valence-electron chi connectivity index (χ4n) is 2.20. The third kappa shape index (κ3) is 5.05. The second kappa shape index (κ2) is 8.26. The number of nitrogens with zero attached hydrogens (tertiary/aromatic N) is 4. The van der Waals surface area contributed by atoms with Crippen molar-refractivity contribution in [3.63, 3.8) is 0 Å². The molecule has 6 nitrogen and oxygen atoms in total. The van der Waals surface area contributed by atoms with Crippen molar-refractivity contribution in [1.82, 2.24) is 25.4 Å². The molecule has 2 N–H and O–H groups in total. The molecule has 0 saturated carbocycles. The van der Waals surface area contributed by atoms with E-state index in [1.165, 1.54) is 6.07 Å². The molecule has 0 spiro atoms. The first kappa shape index (κ1) is 16.9. The number of halogens is 1. The molecule has 0 aliphatic rings. The Morgan fingerprint density at radius 1 is 1.35 bits per heavy atom. The molecule has 0 atom stereocenters. The van der Waals surface area contributed by atoms with Crippen LogP contribution < -0.4 is 10.6 Å². The van der Waals surface area contributed by atoms with Crippen LogP contribution in [0.4, 0.5) is 4.39 Å². The average Bonchev–Trinajstić information content (AvgIpc) is 2.92. The van der Waals surface area contributed by atoms with Gasteiger partial charge >= 0.3 is 0 Å². The van der Waals surface area contributed by atoms with E-state index in [2.05, 4.69) is 25.8 Å². The lowest BCUT2D eigenvalue weighted by Crippen LogP contribution is -2.38. The van der Waals surface area contributed by atoms with E-state index < -0.39 is 0 Å². The number of aryl methyl sites for hydroxylation is 2. The monoisotopic (exact) mass is 318 g/mol. The van der Waals surface area contributed by atoms with Gasteiger partial charge in [0.25, 0.3) is 0 Å². The van der Waals surface area contributed by atoms with Crippen LogP contribution in [0.5, 0.6) is 0 Å². The van der Waals surface area contributed by atoms with E-state index in [1.807, 2.05) is 31.5 Å². The average molecular weight is 318 g/mol. The maximum atomic E-state index is 13.1. The molecule has 0 amide bonds. The molecule has 0 radical (unpaired) electrons. The maximum absolute atomic E-state index is 13.1. The summed E-state index contributed by atoms with van der Waals surface area (Å²) in [5.74, 6) is 1.34. The van der Waals surface area contributed by atoms with Gasteiger partial charge in [-0.15, -0.1) is 10.2 Å². The number of rotatable bonds is 6. The zero-order valence-electron chi connectivity index (χ0n) is 13.8. The number of aromatic nitrogens is 3. The van der Waals surface area contributed by atoms with Gasteiger partial charge in [-0.1, -0.05) is 6.07 Å². The highest BCUT2D eigenvalue weighted by atomic mass is 19.1. The van der Waals surface area contributed by atoms with Gasteiger partial charge in [0.15, 0.2) is 11.8 Å². The number of guanidine groups is 1. The molecule has 0 saturated heterocycles. The molecular weight excluding hydrogens is 295 g/mol. The van der Waals surface area contributed by atoms with Crippen molar-refractivity contribution in [2.75, 3.05) is 13.1 Å². The highest BCUT2D eigenvalue weighted by Gasteiger charge is 2.03. The van der Waals surface area contributed by atoms with Crippen LogP contribution in [-0.4, -0.2) is 33.8 Å². The van der Waals surface area contributed by atoms with Crippen LogP contribution in [0.1, 0.15) is 23.9 Å². The van der Waals surface area contributed by atoms with Crippen molar-refractivity contribution in [2.24, 2.45) is 12.0 Å². The van der Waals surface area contributed by atoms with Crippen molar-refractivity contribution in [1.29, 1.82) is 0 Å². The Bertz CT molecular complexity index is 664. The summed E-state index contributed by atoms with van der Waals surface area (Å²) in [5, 5.41) is 14.3. The molecule has 0 aliphatic carbocycles. The van der Waals surface area contributed by atoms with Gasteiger partial charge in [-0.2, -0.15) is 0 Å². The molecular formula is C16H23FN6. The predicted octanol–water partition coefficient (Wildman–Crippen LogP) is 1.56.